The van der Waals surface area contributed by atoms with Gasteiger partial charge in [-0.05, 0) is 50.3 Å². The minimum absolute atomic E-state index is 0.359. The predicted octanol–water partition coefficient (Wildman–Crippen LogP) is 4.32. The van der Waals surface area contributed by atoms with Gasteiger partial charge in [0.2, 0.25) is 0 Å². The molecule has 1 atom stereocenters. The fraction of sp³-hybridized carbons (Fsp3) is 0.500. The van der Waals surface area contributed by atoms with Crippen LogP contribution in [0.3, 0.4) is 0 Å². The van der Waals surface area contributed by atoms with Gasteiger partial charge in [-0.1, -0.05) is 29.9 Å². The Morgan fingerprint density at radius 3 is 2.82 bits per heavy atom. The van der Waals surface area contributed by atoms with E-state index in [0.29, 0.717) is 6.04 Å². The highest BCUT2D eigenvalue weighted by Crippen LogP contribution is 2.34. The van der Waals surface area contributed by atoms with E-state index in [0.717, 1.165) is 29.2 Å². The third-order valence-corrected chi connectivity index (χ3v) is 4.20. The van der Waals surface area contributed by atoms with Crippen molar-refractivity contribution in [3.8, 4) is 0 Å². The summed E-state index contributed by atoms with van der Waals surface area (Å²) in [4.78, 5) is 2.36. The molecule has 0 amide bonds. The fourth-order valence-electron chi connectivity index (χ4n) is 2.53. The van der Waals surface area contributed by atoms with Crippen molar-refractivity contribution in [1.29, 1.82) is 0 Å². The second-order valence-electron chi connectivity index (χ2n) is 4.81. The number of thiocarbonyl (C=S) groups is 1. The zero-order valence-electron chi connectivity index (χ0n) is 10.4. The van der Waals surface area contributed by atoms with Crippen LogP contribution in [0.1, 0.15) is 30.4 Å². The molecule has 0 aliphatic carbocycles. The van der Waals surface area contributed by atoms with Crippen molar-refractivity contribution in [3.05, 3.63) is 28.3 Å². The van der Waals surface area contributed by atoms with Crippen LogP contribution in [-0.4, -0.2) is 18.0 Å². The molecule has 1 aromatic rings. The first-order chi connectivity index (χ1) is 8.13. The average molecular weight is 268 g/mol. The number of hydrogen-bond acceptors (Lipinski definition) is 2. The highest BCUT2D eigenvalue weighted by molar-refractivity contribution is 7.79. The molecule has 17 heavy (non-hydrogen) atoms. The third kappa shape index (κ3) is 2.63. The highest BCUT2D eigenvalue weighted by atomic mass is 35.5. The van der Waals surface area contributed by atoms with Gasteiger partial charge in [0, 0.05) is 11.9 Å². The van der Waals surface area contributed by atoms with E-state index in [4.69, 9.17) is 23.8 Å². The molecule has 2 rings (SSSR count). The van der Waals surface area contributed by atoms with Crippen LogP contribution < -0.4 is 4.90 Å². The van der Waals surface area contributed by atoms with E-state index < -0.39 is 0 Å². The lowest BCUT2D eigenvalue weighted by Crippen LogP contribution is -2.40. The van der Waals surface area contributed by atoms with Gasteiger partial charge < -0.3 is 4.90 Å². The summed E-state index contributed by atoms with van der Waals surface area (Å²) in [7, 11) is 0. The van der Waals surface area contributed by atoms with Crippen molar-refractivity contribution in [2.24, 2.45) is 0 Å². The van der Waals surface area contributed by atoms with Gasteiger partial charge in [0.05, 0.1) is 16.8 Å². The molecule has 92 valence electrons. The van der Waals surface area contributed by atoms with Crippen molar-refractivity contribution in [2.45, 2.75) is 39.2 Å². The molecule has 1 heterocycles. The van der Waals surface area contributed by atoms with Crippen LogP contribution >= 0.6 is 23.8 Å². The van der Waals surface area contributed by atoms with E-state index in [1.165, 1.54) is 18.4 Å². The van der Waals surface area contributed by atoms with E-state index in [9.17, 15) is 0 Å². The molecule has 3 heteroatoms. The molecule has 0 N–H and O–H groups in total. The number of aryl methyl sites for hydroxylation is 2. The summed E-state index contributed by atoms with van der Waals surface area (Å²) in [5.41, 5.74) is 3.56. The lowest BCUT2D eigenvalue weighted by molar-refractivity contribution is 0.538. The maximum atomic E-state index is 6.43. The minimum Gasteiger partial charge on any atom is -0.363 e. The predicted molar refractivity (Wildman–Crippen MR) is 79.6 cm³/mol. The molecule has 0 saturated carbocycles. The summed E-state index contributed by atoms with van der Waals surface area (Å²) in [6, 6.07) is 4.66. The molecule has 1 aliphatic rings. The standard InChI is InChI=1S/C14H18ClNS/c1-10-7-11(2)14(15)13(8-10)16-6-4-3-5-12(16)9-17/h7-9,12H,3-6H2,1-2H3. The lowest BCUT2D eigenvalue weighted by Gasteiger charge is -2.36. The largest absolute Gasteiger partial charge is 0.363 e. The number of piperidine rings is 1. The Hall–Kier alpha value is -0.600. The van der Waals surface area contributed by atoms with Crippen molar-refractivity contribution in [2.75, 3.05) is 11.4 Å². The van der Waals surface area contributed by atoms with Gasteiger partial charge in [0.25, 0.3) is 0 Å². The molecule has 1 unspecified atom stereocenters. The van der Waals surface area contributed by atoms with Crippen LogP contribution in [0.5, 0.6) is 0 Å². The second kappa shape index (κ2) is 5.36. The number of halogens is 1. The van der Waals surface area contributed by atoms with Crippen molar-refractivity contribution in [1.82, 2.24) is 0 Å². The van der Waals surface area contributed by atoms with Gasteiger partial charge in [-0.3, -0.25) is 0 Å². The SMILES string of the molecule is Cc1cc(C)c(Cl)c(N2CCCCC2C=S)c1. The first-order valence-electron chi connectivity index (χ1n) is 6.12. The van der Waals surface area contributed by atoms with Gasteiger partial charge in [-0.2, -0.15) is 0 Å². The van der Waals surface area contributed by atoms with Crippen LogP contribution in [0.4, 0.5) is 5.69 Å². The normalized spacial score (nSPS) is 20.4. The Balaban J connectivity index is 2.40. The summed E-state index contributed by atoms with van der Waals surface area (Å²) in [6.45, 7) is 5.23. The topological polar surface area (TPSA) is 3.24 Å². The van der Waals surface area contributed by atoms with Crippen LogP contribution in [0.2, 0.25) is 5.02 Å². The molecule has 1 aromatic carbocycles. The van der Waals surface area contributed by atoms with Crippen molar-refractivity contribution < 1.29 is 0 Å². The molecule has 1 aliphatic heterocycles. The van der Waals surface area contributed by atoms with Gasteiger partial charge in [-0.25, -0.2) is 0 Å². The third-order valence-electron chi connectivity index (χ3n) is 3.40. The first kappa shape index (κ1) is 12.8. The van der Waals surface area contributed by atoms with E-state index >= 15 is 0 Å². The van der Waals surface area contributed by atoms with Gasteiger partial charge in [0.1, 0.15) is 0 Å². The summed E-state index contributed by atoms with van der Waals surface area (Å²) < 4.78 is 0. The van der Waals surface area contributed by atoms with E-state index in [-0.39, 0.29) is 0 Å². The van der Waals surface area contributed by atoms with Gasteiger partial charge in [-0.15, -0.1) is 0 Å². The maximum Gasteiger partial charge on any atom is 0.0669 e. The zero-order chi connectivity index (χ0) is 12.4. The molecule has 0 spiro atoms. The lowest BCUT2D eigenvalue weighted by atomic mass is 10.0. The summed E-state index contributed by atoms with van der Waals surface area (Å²) in [5, 5.41) is 2.76. The summed E-state index contributed by atoms with van der Waals surface area (Å²) >= 11 is 11.6. The van der Waals surface area contributed by atoms with Crippen molar-refractivity contribution in [3.63, 3.8) is 0 Å². The summed E-state index contributed by atoms with van der Waals surface area (Å²) in [5.74, 6) is 0. The number of nitrogens with zero attached hydrogens (tertiary/aromatic N) is 1. The highest BCUT2D eigenvalue weighted by Gasteiger charge is 2.23. The smallest absolute Gasteiger partial charge is 0.0669 e. The zero-order valence-corrected chi connectivity index (χ0v) is 11.9. The molecule has 0 bridgehead atoms. The van der Waals surface area contributed by atoms with Crippen molar-refractivity contribution >= 4 is 34.9 Å². The monoisotopic (exact) mass is 267 g/mol. The maximum absolute atomic E-state index is 6.43. The number of hydrogen-bond donors (Lipinski definition) is 0. The minimum atomic E-state index is 0.359. The van der Waals surface area contributed by atoms with Crippen LogP contribution in [0, 0.1) is 13.8 Å². The molecule has 0 radical (unpaired) electrons. The van der Waals surface area contributed by atoms with Crippen LogP contribution in [0.15, 0.2) is 12.1 Å². The first-order valence-corrected chi connectivity index (χ1v) is 6.97. The van der Waals surface area contributed by atoms with Crippen LogP contribution in [-0.2, 0) is 0 Å². The van der Waals surface area contributed by atoms with E-state index in [2.05, 4.69) is 30.9 Å². The Labute approximate surface area is 114 Å². The number of benzene rings is 1. The molecule has 1 saturated heterocycles. The summed E-state index contributed by atoms with van der Waals surface area (Å²) in [6.07, 6.45) is 3.63. The Morgan fingerprint density at radius 1 is 1.35 bits per heavy atom. The quantitative estimate of drug-likeness (QED) is 0.735. The fourth-order valence-corrected chi connectivity index (χ4v) is 3.04. The van der Waals surface area contributed by atoms with Gasteiger partial charge >= 0.3 is 0 Å². The van der Waals surface area contributed by atoms with Crippen LogP contribution in [0.25, 0.3) is 0 Å². The Morgan fingerprint density at radius 2 is 2.12 bits per heavy atom. The van der Waals surface area contributed by atoms with Gasteiger partial charge in [0.15, 0.2) is 0 Å². The second-order valence-corrected chi connectivity index (χ2v) is 5.46. The molecule has 1 nitrogen and oxygen atoms in total. The number of anilines is 1. The molecule has 1 fully saturated rings. The number of rotatable bonds is 2. The van der Waals surface area contributed by atoms with E-state index in [1.54, 1.807) is 0 Å². The average Bonchev–Trinajstić information content (AvgIpc) is 2.33. The van der Waals surface area contributed by atoms with E-state index in [1.807, 2.05) is 5.37 Å². The molecular formula is C14H18ClNS. The molecule has 0 aromatic heterocycles. The Kier molecular flexibility index (Phi) is 4.05. The Bertz CT molecular complexity index is 430. The molecular weight excluding hydrogens is 250 g/mol.